The predicted octanol–water partition coefficient (Wildman–Crippen LogP) is 2.24. The highest BCUT2D eigenvalue weighted by atomic mass is 35.5. The van der Waals surface area contributed by atoms with Gasteiger partial charge in [0.1, 0.15) is 18.5 Å². The van der Waals surface area contributed by atoms with Crippen molar-refractivity contribution in [3.05, 3.63) is 29.3 Å². The van der Waals surface area contributed by atoms with Gasteiger partial charge in [-0.15, -0.1) is 12.4 Å². The van der Waals surface area contributed by atoms with Crippen molar-refractivity contribution in [1.29, 1.82) is 0 Å². The minimum atomic E-state index is -0.556. The Balaban J connectivity index is 0.00000312. The molecule has 0 radical (unpaired) electrons. The van der Waals surface area contributed by atoms with E-state index in [1.807, 2.05) is 26.0 Å². The summed E-state index contributed by atoms with van der Waals surface area (Å²) in [6.45, 7) is 9.79. The maximum Gasteiger partial charge on any atom is 0.409 e. The Bertz CT molecular complexity index is 548. The van der Waals surface area contributed by atoms with Gasteiger partial charge in [-0.2, -0.15) is 0 Å². The Labute approximate surface area is 156 Å². The van der Waals surface area contributed by atoms with Crippen LogP contribution in [0.1, 0.15) is 18.1 Å². The van der Waals surface area contributed by atoms with E-state index in [9.17, 15) is 9.90 Å². The monoisotopic (exact) mass is 372 g/mol. The van der Waals surface area contributed by atoms with Crippen LogP contribution in [0, 0.1) is 13.8 Å². The minimum absolute atomic E-state index is 0. The first-order chi connectivity index (χ1) is 11.5. The number of piperazine rings is 1. The van der Waals surface area contributed by atoms with Gasteiger partial charge in [0.15, 0.2) is 0 Å². The van der Waals surface area contributed by atoms with Crippen molar-refractivity contribution in [2.75, 3.05) is 45.9 Å². The van der Waals surface area contributed by atoms with Crippen molar-refractivity contribution >= 4 is 18.5 Å². The quantitative estimate of drug-likeness (QED) is 0.829. The molecule has 1 aliphatic rings. The third kappa shape index (κ3) is 6.72. The summed E-state index contributed by atoms with van der Waals surface area (Å²) < 4.78 is 10.7. The summed E-state index contributed by atoms with van der Waals surface area (Å²) in [7, 11) is 0. The molecule has 1 saturated heterocycles. The lowest BCUT2D eigenvalue weighted by molar-refractivity contribution is 0.0406. The van der Waals surface area contributed by atoms with Crippen LogP contribution >= 0.6 is 12.4 Å². The topological polar surface area (TPSA) is 62.2 Å². The Morgan fingerprint density at radius 3 is 2.52 bits per heavy atom. The first kappa shape index (κ1) is 21.5. The van der Waals surface area contributed by atoms with E-state index in [1.54, 1.807) is 11.8 Å². The van der Waals surface area contributed by atoms with Crippen LogP contribution in [-0.4, -0.2) is 73.0 Å². The number of benzene rings is 1. The van der Waals surface area contributed by atoms with Crippen molar-refractivity contribution in [1.82, 2.24) is 9.80 Å². The summed E-state index contributed by atoms with van der Waals surface area (Å²) in [6.07, 6.45) is -0.810. The third-order valence-corrected chi connectivity index (χ3v) is 4.13. The molecular formula is C18H29ClN2O4. The van der Waals surface area contributed by atoms with Gasteiger partial charge in [0.2, 0.25) is 0 Å². The molecule has 1 aromatic carbocycles. The molecule has 1 amide bonds. The number of carbonyl (C=O) groups excluding carboxylic acids is 1. The second kappa shape index (κ2) is 10.5. The molecule has 1 unspecified atom stereocenters. The average Bonchev–Trinajstić information content (AvgIpc) is 2.55. The van der Waals surface area contributed by atoms with E-state index in [1.165, 1.54) is 5.56 Å². The summed E-state index contributed by atoms with van der Waals surface area (Å²) >= 11 is 0. The first-order valence-electron chi connectivity index (χ1n) is 8.51. The maximum absolute atomic E-state index is 11.7. The van der Waals surface area contributed by atoms with E-state index >= 15 is 0 Å². The molecular weight excluding hydrogens is 344 g/mol. The summed E-state index contributed by atoms with van der Waals surface area (Å²) in [5.74, 6) is 0.812. The zero-order valence-corrected chi connectivity index (χ0v) is 16.1. The third-order valence-electron chi connectivity index (χ3n) is 4.13. The standard InChI is InChI=1S/C18H28N2O4.ClH/c1-4-23-18(22)20-9-7-19(8-10-20)12-16(21)13-24-17-6-5-14(2)11-15(17)3;/h5-6,11,16,21H,4,7-10,12-13H2,1-3H3;1H. The first-order valence-corrected chi connectivity index (χ1v) is 8.51. The lowest BCUT2D eigenvalue weighted by atomic mass is 10.1. The molecule has 1 aromatic rings. The van der Waals surface area contributed by atoms with Gasteiger partial charge in [0.05, 0.1) is 6.61 Å². The normalized spacial score (nSPS) is 16.1. The number of nitrogens with zero attached hydrogens (tertiary/aromatic N) is 2. The number of β-amino-alcohol motifs (C(OH)–C–C–N with tert-alkyl or cyclic N) is 1. The Morgan fingerprint density at radius 1 is 1.24 bits per heavy atom. The molecule has 0 aromatic heterocycles. The summed E-state index contributed by atoms with van der Waals surface area (Å²) in [4.78, 5) is 15.5. The summed E-state index contributed by atoms with van der Waals surface area (Å²) in [6, 6.07) is 6.01. The number of aryl methyl sites for hydroxylation is 2. The number of amides is 1. The smallest absolute Gasteiger partial charge is 0.409 e. The van der Waals surface area contributed by atoms with Gasteiger partial charge in [-0.25, -0.2) is 4.79 Å². The molecule has 0 saturated carbocycles. The van der Waals surface area contributed by atoms with Crippen LogP contribution in [-0.2, 0) is 4.74 Å². The molecule has 2 rings (SSSR count). The molecule has 1 atom stereocenters. The Morgan fingerprint density at radius 2 is 1.92 bits per heavy atom. The molecule has 0 bridgehead atoms. The number of carbonyl (C=O) groups is 1. The van der Waals surface area contributed by atoms with Gasteiger partial charge in [0.25, 0.3) is 0 Å². The summed E-state index contributed by atoms with van der Waals surface area (Å²) in [5.41, 5.74) is 2.27. The lowest BCUT2D eigenvalue weighted by Gasteiger charge is -2.34. The van der Waals surface area contributed by atoms with E-state index in [2.05, 4.69) is 11.0 Å². The SMILES string of the molecule is CCOC(=O)N1CCN(CC(O)COc2ccc(C)cc2C)CC1.Cl. The van der Waals surface area contributed by atoms with Crippen LogP contribution in [0.5, 0.6) is 5.75 Å². The number of aliphatic hydroxyl groups is 1. The molecule has 1 aliphatic heterocycles. The maximum atomic E-state index is 11.7. The van der Waals surface area contributed by atoms with Gasteiger partial charge in [-0.3, -0.25) is 4.90 Å². The molecule has 0 aliphatic carbocycles. The molecule has 6 nitrogen and oxygen atoms in total. The van der Waals surface area contributed by atoms with Crippen LogP contribution in [0.4, 0.5) is 4.79 Å². The van der Waals surface area contributed by atoms with E-state index in [0.29, 0.717) is 26.2 Å². The Hall–Kier alpha value is -1.50. The van der Waals surface area contributed by atoms with Crippen LogP contribution in [0.2, 0.25) is 0 Å². The zero-order valence-electron chi connectivity index (χ0n) is 15.2. The van der Waals surface area contributed by atoms with Crippen molar-refractivity contribution in [2.24, 2.45) is 0 Å². The molecule has 142 valence electrons. The van der Waals surface area contributed by atoms with Gasteiger partial charge in [0, 0.05) is 32.7 Å². The summed E-state index contributed by atoms with van der Waals surface area (Å²) in [5, 5.41) is 10.2. The molecule has 25 heavy (non-hydrogen) atoms. The van der Waals surface area contributed by atoms with E-state index in [4.69, 9.17) is 9.47 Å². The number of hydrogen-bond donors (Lipinski definition) is 1. The fraction of sp³-hybridized carbons (Fsp3) is 0.611. The number of aliphatic hydroxyl groups excluding tert-OH is 1. The van der Waals surface area contributed by atoms with Crippen molar-refractivity contribution in [2.45, 2.75) is 26.9 Å². The molecule has 0 spiro atoms. The molecule has 7 heteroatoms. The molecule has 1 N–H and O–H groups in total. The number of ether oxygens (including phenoxy) is 2. The minimum Gasteiger partial charge on any atom is -0.491 e. The average molecular weight is 373 g/mol. The fourth-order valence-corrected chi connectivity index (χ4v) is 2.83. The molecule has 1 fully saturated rings. The number of hydrogen-bond acceptors (Lipinski definition) is 5. The number of rotatable bonds is 6. The van der Waals surface area contributed by atoms with Crippen molar-refractivity contribution < 1.29 is 19.4 Å². The van der Waals surface area contributed by atoms with E-state index in [0.717, 1.165) is 24.4 Å². The van der Waals surface area contributed by atoms with Crippen LogP contribution in [0.3, 0.4) is 0 Å². The zero-order chi connectivity index (χ0) is 17.5. The van der Waals surface area contributed by atoms with Crippen molar-refractivity contribution in [3.63, 3.8) is 0 Å². The second-order valence-electron chi connectivity index (χ2n) is 6.22. The number of halogens is 1. The highest BCUT2D eigenvalue weighted by Gasteiger charge is 2.23. The second-order valence-corrected chi connectivity index (χ2v) is 6.22. The van der Waals surface area contributed by atoms with Crippen molar-refractivity contribution in [3.8, 4) is 5.75 Å². The van der Waals surface area contributed by atoms with E-state index < -0.39 is 6.10 Å². The van der Waals surface area contributed by atoms with Gasteiger partial charge >= 0.3 is 6.09 Å². The van der Waals surface area contributed by atoms with Crippen LogP contribution in [0.25, 0.3) is 0 Å². The Kier molecular flexibility index (Phi) is 9.03. The highest BCUT2D eigenvalue weighted by molar-refractivity contribution is 5.85. The van der Waals surface area contributed by atoms with Crippen LogP contribution in [0.15, 0.2) is 18.2 Å². The van der Waals surface area contributed by atoms with Gasteiger partial charge in [-0.05, 0) is 32.4 Å². The van der Waals surface area contributed by atoms with Gasteiger partial charge < -0.3 is 19.5 Å². The fourth-order valence-electron chi connectivity index (χ4n) is 2.83. The lowest BCUT2D eigenvalue weighted by Crippen LogP contribution is -2.51. The van der Waals surface area contributed by atoms with Crippen LogP contribution < -0.4 is 4.74 Å². The van der Waals surface area contributed by atoms with Gasteiger partial charge in [-0.1, -0.05) is 17.7 Å². The largest absolute Gasteiger partial charge is 0.491 e. The highest BCUT2D eigenvalue weighted by Crippen LogP contribution is 2.19. The predicted molar refractivity (Wildman–Crippen MR) is 99.7 cm³/mol. The molecule has 1 heterocycles. The van der Waals surface area contributed by atoms with E-state index in [-0.39, 0.29) is 25.1 Å².